The predicted octanol–water partition coefficient (Wildman–Crippen LogP) is 4.81. The Balaban J connectivity index is 1.96. The molecule has 4 rings (SSSR count). The number of nitrogens with zero attached hydrogens (tertiary/aromatic N) is 4. The van der Waals surface area contributed by atoms with Crippen molar-refractivity contribution in [2.24, 2.45) is 0 Å². The number of rotatable bonds is 5. The summed E-state index contributed by atoms with van der Waals surface area (Å²) in [5.74, 6) is -0.120. The van der Waals surface area contributed by atoms with Gasteiger partial charge < -0.3 is 4.90 Å². The van der Waals surface area contributed by atoms with Crippen molar-refractivity contribution >= 4 is 40.6 Å². The highest BCUT2D eigenvalue weighted by Crippen LogP contribution is 2.40. The lowest BCUT2D eigenvalue weighted by molar-refractivity contribution is -0.115. The summed E-state index contributed by atoms with van der Waals surface area (Å²) in [5.41, 5.74) is 2.32. The van der Waals surface area contributed by atoms with Gasteiger partial charge in [-0.2, -0.15) is 0 Å². The van der Waals surface area contributed by atoms with Gasteiger partial charge in [-0.05, 0) is 18.6 Å². The second-order valence-corrected chi connectivity index (χ2v) is 7.23. The zero-order chi connectivity index (χ0) is 21.1. The summed E-state index contributed by atoms with van der Waals surface area (Å²) in [6.45, 7) is 2.61. The van der Waals surface area contributed by atoms with Crippen LogP contribution in [-0.4, -0.2) is 34.2 Å². The molecule has 1 aliphatic heterocycles. The molecule has 0 fully saturated rings. The quantitative estimate of drug-likeness (QED) is 0.555. The van der Waals surface area contributed by atoms with E-state index in [2.05, 4.69) is 16.9 Å². The van der Waals surface area contributed by atoms with Gasteiger partial charge in [0, 0.05) is 18.3 Å². The lowest BCUT2D eigenvalue weighted by Gasteiger charge is -2.25. The first-order chi connectivity index (χ1) is 14.7. The molecular formula is C23H21ClN4O2. The summed E-state index contributed by atoms with van der Waals surface area (Å²) < 4.78 is 0. The van der Waals surface area contributed by atoms with E-state index in [1.165, 1.54) is 11.1 Å². The number of hydrogen-bond donors (Lipinski definition) is 0. The van der Waals surface area contributed by atoms with Crippen molar-refractivity contribution < 1.29 is 9.59 Å². The third-order valence-corrected chi connectivity index (χ3v) is 5.23. The molecule has 0 spiro atoms. The minimum atomic E-state index is -0.354. The zero-order valence-electron chi connectivity index (χ0n) is 16.6. The molecule has 30 heavy (non-hydrogen) atoms. The molecule has 152 valence electrons. The van der Waals surface area contributed by atoms with Crippen LogP contribution in [0.5, 0.6) is 0 Å². The number of amides is 2. The molecule has 0 aliphatic carbocycles. The van der Waals surface area contributed by atoms with Gasteiger partial charge in [0.2, 0.25) is 5.91 Å². The third-order valence-electron chi connectivity index (χ3n) is 5.00. The van der Waals surface area contributed by atoms with Gasteiger partial charge in [0.1, 0.15) is 11.4 Å². The summed E-state index contributed by atoms with van der Waals surface area (Å²) >= 11 is 5.95. The Hall–Kier alpha value is -3.25. The summed E-state index contributed by atoms with van der Waals surface area (Å²) in [6, 6.07) is 16.8. The molecule has 3 aromatic rings. The van der Waals surface area contributed by atoms with Crippen LogP contribution >= 0.6 is 11.6 Å². The van der Waals surface area contributed by atoms with Crippen LogP contribution < -0.4 is 9.80 Å². The Labute approximate surface area is 180 Å². The molecule has 0 radical (unpaired) electrons. The number of aromatic nitrogens is 2. The van der Waals surface area contributed by atoms with Crippen molar-refractivity contribution in [3.05, 3.63) is 66.4 Å². The Morgan fingerprint density at radius 1 is 1.03 bits per heavy atom. The van der Waals surface area contributed by atoms with Crippen molar-refractivity contribution in [1.82, 2.24) is 9.97 Å². The van der Waals surface area contributed by atoms with Gasteiger partial charge >= 0.3 is 0 Å². The van der Waals surface area contributed by atoms with Crippen molar-refractivity contribution in [3.8, 4) is 11.4 Å². The number of anilines is 3. The van der Waals surface area contributed by atoms with Crippen LogP contribution in [-0.2, 0) is 4.79 Å². The van der Waals surface area contributed by atoms with Crippen LogP contribution in [0.1, 0.15) is 30.1 Å². The van der Waals surface area contributed by atoms with Crippen LogP contribution in [0.4, 0.5) is 17.2 Å². The van der Waals surface area contributed by atoms with Gasteiger partial charge in [-0.25, -0.2) is 9.97 Å². The van der Waals surface area contributed by atoms with E-state index in [9.17, 15) is 9.59 Å². The molecular weight excluding hydrogens is 400 g/mol. The molecule has 0 unspecified atom stereocenters. The van der Waals surface area contributed by atoms with E-state index in [1.807, 2.05) is 54.6 Å². The highest BCUT2D eigenvalue weighted by Gasteiger charge is 2.35. The molecule has 7 heteroatoms. The van der Waals surface area contributed by atoms with E-state index in [4.69, 9.17) is 11.6 Å². The minimum absolute atomic E-state index is 0.226. The Kier molecular flexibility index (Phi) is 5.77. The molecule has 0 atom stereocenters. The maximum absolute atomic E-state index is 13.5. The summed E-state index contributed by atoms with van der Waals surface area (Å²) in [4.78, 5) is 38.6. The standard InChI is InChI=1S/C23H21ClN4O2/c1-2-3-13-27-18-11-7-8-12-19(18)28(20(29)14-24)22-17(23(27)30)15-25-21(26-22)16-9-5-4-6-10-16/h4-12,15H,2-3,13-14H2,1H3. The van der Waals surface area contributed by atoms with Gasteiger partial charge in [0.15, 0.2) is 11.6 Å². The highest BCUT2D eigenvalue weighted by atomic mass is 35.5. The molecule has 0 bridgehead atoms. The van der Waals surface area contributed by atoms with Gasteiger partial charge in [-0.3, -0.25) is 14.5 Å². The number of alkyl halides is 1. The van der Waals surface area contributed by atoms with Crippen LogP contribution in [0, 0.1) is 0 Å². The van der Waals surface area contributed by atoms with Crippen LogP contribution in [0.3, 0.4) is 0 Å². The number of fused-ring (bicyclic) bond motifs is 2. The number of halogens is 1. The second-order valence-electron chi connectivity index (χ2n) is 6.96. The van der Waals surface area contributed by atoms with E-state index in [0.717, 1.165) is 18.4 Å². The molecule has 6 nitrogen and oxygen atoms in total. The zero-order valence-corrected chi connectivity index (χ0v) is 17.3. The summed E-state index contributed by atoms with van der Waals surface area (Å²) in [7, 11) is 0. The number of para-hydroxylation sites is 2. The highest BCUT2D eigenvalue weighted by molar-refractivity contribution is 6.31. The smallest absolute Gasteiger partial charge is 0.263 e. The van der Waals surface area contributed by atoms with Gasteiger partial charge in [-0.1, -0.05) is 55.8 Å². The number of unbranched alkanes of at least 4 members (excludes halogenated alkanes) is 1. The van der Waals surface area contributed by atoms with Crippen LogP contribution in [0.15, 0.2) is 60.8 Å². The van der Waals surface area contributed by atoms with E-state index in [0.29, 0.717) is 23.7 Å². The van der Waals surface area contributed by atoms with Crippen molar-refractivity contribution in [2.75, 3.05) is 22.2 Å². The van der Waals surface area contributed by atoms with E-state index < -0.39 is 0 Å². The fourth-order valence-electron chi connectivity index (χ4n) is 3.52. The van der Waals surface area contributed by atoms with Crippen LogP contribution in [0.25, 0.3) is 11.4 Å². The average Bonchev–Trinajstić information content (AvgIpc) is 2.90. The fourth-order valence-corrected chi connectivity index (χ4v) is 3.64. The van der Waals surface area contributed by atoms with E-state index in [1.54, 1.807) is 4.90 Å². The molecule has 1 aromatic heterocycles. The summed E-state index contributed by atoms with van der Waals surface area (Å²) in [6.07, 6.45) is 3.28. The average molecular weight is 421 g/mol. The van der Waals surface area contributed by atoms with E-state index >= 15 is 0 Å². The lowest BCUT2D eigenvalue weighted by atomic mass is 10.2. The van der Waals surface area contributed by atoms with Crippen LogP contribution in [0.2, 0.25) is 0 Å². The number of carbonyl (C=O) groups is 2. The first-order valence-corrected chi connectivity index (χ1v) is 10.4. The molecule has 0 saturated heterocycles. The monoisotopic (exact) mass is 420 g/mol. The normalized spacial score (nSPS) is 12.9. The Morgan fingerprint density at radius 3 is 2.43 bits per heavy atom. The predicted molar refractivity (Wildman–Crippen MR) is 118 cm³/mol. The molecule has 2 amide bonds. The van der Waals surface area contributed by atoms with Gasteiger partial charge in [0.25, 0.3) is 5.91 Å². The van der Waals surface area contributed by atoms with Crippen molar-refractivity contribution in [3.63, 3.8) is 0 Å². The topological polar surface area (TPSA) is 66.4 Å². The van der Waals surface area contributed by atoms with Gasteiger partial charge in [0.05, 0.1) is 11.4 Å². The third kappa shape index (κ3) is 3.55. The van der Waals surface area contributed by atoms with Gasteiger partial charge in [-0.15, -0.1) is 11.6 Å². The lowest BCUT2D eigenvalue weighted by Crippen LogP contribution is -2.31. The Morgan fingerprint density at radius 2 is 1.73 bits per heavy atom. The van der Waals surface area contributed by atoms with Crippen molar-refractivity contribution in [1.29, 1.82) is 0 Å². The minimum Gasteiger partial charge on any atom is -0.306 e. The molecule has 2 aromatic carbocycles. The molecule has 1 aliphatic rings. The number of hydrogen-bond acceptors (Lipinski definition) is 4. The number of carbonyl (C=O) groups excluding carboxylic acids is 2. The SMILES string of the molecule is CCCCN1C(=O)c2cnc(-c3ccccc3)nc2N(C(=O)CCl)c2ccccc21. The fraction of sp³-hybridized carbons (Fsp3) is 0.217. The first kappa shape index (κ1) is 20.0. The molecule has 2 heterocycles. The van der Waals surface area contributed by atoms with Crippen molar-refractivity contribution in [2.45, 2.75) is 19.8 Å². The van der Waals surface area contributed by atoms with E-state index in [-0.39, 0.29) is 29.1 Å². The molecule has 0 saturated carbocycles. The maximum Gasteiger partial charge on any atom is 0.263 e. The first-order valence-electron chi connectivity index (χ1n) is 9.88. The molecule has 0 N–H and O–H groups in total. The summed E-state index contributed by atoms with van der Waals surface area (Å²) in [5, 5.41) is 0. The Bertz CT molecular complexity index is 1090. The maximum atomic E-state index is 13.5. The second kappa shape index (κ2) is 8.63. The number of benzene rings is 2. The largest absolute Gasteiger partial charge is 0.306 e.